The third kappa shape index (κ3) is 4.49. The molecule has 4 aromatic rings. The van der Waals surface area contributed by atoms with Crippen LogP contribution in [0.3, 0.4) is 0 Å². The van der Waals surface area contributed by atoms with Crippen LogP contribution in [0.4, 0.5) is 15.2 Å². The van der Waals surface area contributed by atoms with Crippen LogP contribution in [0, 0.1) is 12.7 Å². The summed E-state index contributed by atoms with van der Waals surface area (Å²) in [7, 11) is 0. The Morgan fingerprint density at radius 2 is 1.61 bits per heavy atom. The summed E-state index contributed by atoms with van der Waals surface area (Å²) in [5.41, 5.74) is 2.49. The Kier molecular flexibility index (Phi) is 5.81. The van der Waals surface area contributed by atoms with E-state index in [1.165, 1.54) is 29.5 Å². The fourth-order valence-electron chi connectivity index (χ4n) is 2.98. The Morgan fingerprint density at radius 3 is 2.39 bits per heavy atom. The number of thiazole rings is 1. The maximum atomic E-state index is 14.0. The van der Waals surface area contributed by atoms with E-state index in [-0.39, 0.29) is 11.1 Å². The summed E-state index contributed by atoms with van der Waals surface area (Å²) in [5, 5.41) is 7.62. The highest BCUT2D eigenvalue weighted by Crippen LogP contribution is 2.26. The second-order valence-corrected chi connectivity index (χ2v) is 7.50. The van der Waals surface area contributed by atoms with Crippen molar-refractivity contribution >= 4 is 34.0 Å². The van der Waals surface area contributed by atoms with Crippen molar-refractivity contribution in [1.82, 2.24) is 9.97 Å². The smallest absolute Gasteiger partial charge is 0.259 e. The molecule has 0 aliphatic carbocycles. The molecule has 0 radical (unpaired) electrons. The molecule has 0 spiro atoms. The number of anilines is 2. The number of para-hydroxylation sites is 1. The number of hydrogen-bond acceptors (Lipinski definition) is 5. The summed E-state index contributed by atoms with van der Waals surface area (Å²) < 4.78 is 14.0. The molecule has 154 valence electrons. The first-order valence-electron chi connectivity index (χ1n) is 9.36. The molecule has 8 heteroatoms. The minimum absolute atomic E-state index is 0.1000. The van der Waals surface area contributed by atoms with Gasteiger partial charge in [-0.25, -0.2) is 9.37 Å². The van der Waals surface area contributed by atoms with Gasteiger partial charge in [-0.05, 0) is 42.8 Å². The van der Waals surface area contributed by atoms with Crippen LogP contribution < -0.4 is 10.6 Å². The highest BCUT2D eigenvalue weighted by atomic mass is 32.1. The normalized spacial score (nSPS) is 10.5. The zero-order valence-electron chi connectivity index (χ0n) is 16.4. The van der Waals surface area contributed by atoms with Crippen LogP contribution in [0.15, 0.2) is 72.2 Å². The van der Waals surface area contributed by atoms with Crippen LogP contribution in [0.5, 0.6) is 0 Å². The second kappa shape index (κ2) is 8.85. The summed E-state index contributed by atoms with van der Waals surface area (Å²) >= 11 is 1.27. The van der Waals surface area contributed by atoms with Gasteiger partial charge in [-0.2, -0.15) is 0 Å². The lowest BCUT2D eigenvalue weighted by Crippen LogP contribution is -2.20. The lowest BCUT2D eigenvalue weighted by atomic mass is 10.1. The van der Waals surface area contributed by atoms with Crippen molar-refractivity contribution in [2.24, 2.45) is 0 Å². The molecule has 2 aromatic heterocycles. The highest BCUT2D eigenvalue weighted by Gasteiger charge is 2.19. The third-order valence-corrected chi connectivity index (χ3v) is 5.28. The lowest BCUT2D eigenvalue weighted by molar-refractivity contribution is 0.102. The number of benzene rings is 2. The largest absolute Gasteiger partial charge is 0.321 e. The van der Waals surface area contributed by atoms with Gasteiger partial charge in [0.1, 0.15) is 11.5 Å². The third-order valence-electron chi connectivity index (χ3n) is 4.53. The van der Waals surface area contributed by atoms with Crippen molar-refractivity contribution in [2.45, 2.75) is 6.92 Å². The molecular formula is C23H17FN4O2S. The molecule has 31 heavy (non-hydrogen) atoms. The van der Waals surface area contributed by atoms with Gasteiger partial charge in [0.2, 0.25) is 0 Å². The quantitative estimate of drug-likeness (QED) is 0.456. The molecule has 0 unspecified atom stereocenters. The fraction of sp³-hybridized carbons (Fsp3) is 0.0435. The van der Waals surface area contributed by atoms with E-state index in [1.54, 1.807) is 42.8 Å². The van der Waals surface area contributed by atoms with Crippen LogP contribution in [0.25, 0.3) is 11.4 Å². The molecule has 0 saturated carbocycles. The van der Waals surface area contributed by atoms with Gasteiger partial charge < -0.3 is 5.32 Å². The molecule has 0 bridgehead atoms. The number of rotatable bonds is 5. The predicted molar refractivity (Wildman–Crippen MR) is 119 cm³/mol. The standard InChI is InChI=1S/C23H17FN4O2S/c1-14-7-6-9-16(20(14)27-21(29)15-8-2-3-10-17(15)24)22(30)28-23-26-19(13-31-23)18-11-4-5-12-25-18/h2-13H,1H3,(H,27,29)(H,26,28,30). The lowest BCUT2D eigenvalue weighted by Gasteiger charge is -2.13. The van der Waals surface area contributed by atoms with Gasteiger partial charge in [0.15, 0.2) is 5.13 Å². The Balaban J connectivity index is 1.57. The Bertz CT molecular complexity index is 1260. The summed E-state index contributed by atoms with van der Waals surface area (Å²) in [4.78, 5) is 34.2. The van der Waals surface area contributed by atoms with Crippen molar-refractivity contribution in [3.05, 3.63) is 94.7 Å². The Morgan fingerprint density at radius 1 is 0.871 bits per heavy atom. The highest BCUT2D eigenvalue weighted by molar-refractivity contribution is 7.14. The molecule has 2 heterocycles. The van der Waals surface area contributed by atoms with Crippen molar-refractivity contribution in [1.29, 1.82) is 0 Å². The van der Waals surface area contributed by atoms with Gasteiger partial charge in [-0.1, -0.05) is 30.3 Å². The van der Waals surface area contributed by atoms with Crippen LogP contribution in [-0.4, -0.2) is 21.8 Å². The van der Waals surface area contributed by atoms with Gasteiger partial charge in [-0.3, -0.25) is 19.9 Å². The number of nitrogens with one attached hydrogen (secondary N) is 2. The van der Waals surface area contributed by atoms with Gasteiger partial charge in [-0.15, -0.1) is 11.3 Å². The Labute approximate surface area is 181 Å². The molecule has 0 saturated heterocycles. The summed E-state index contributed by atoms with van der Waals surface area (Å²) in [5.74, 6) is -1.70. The van der Waals surface area contributed by atoms with Crippen molar-refractivity contribution < 1.29 is 14.0 Å². The van der Waals surface area contributed by atoms with Crippen LogP contribution in [0.2, 0.25) is 0 Å². The van der Waals surface area contributed by atoms with Crippen molar-refractivity contribution in [3.8, 4) is 11.4 Å². The van der Waals surface area contributed by atoms with Gasteiger partial charge in [0.05, 0.1) is 22.5 Å². The van der Waals surface area contributed by atoms with E-state index in [1.807, 2.05) is 18.2 Å². The van der Waals surface area contributed by atoms with E-state index >= 15 is 0 Å². The molecule has 0 aliphatic heterocycles. The number of carbonyl (C=O) groups excluding carboxylic acids is 2. The predicted octanol–water partition coefficient (Wildman–Crippen LogP) is 5.16. The number of pyridine rings is 1. The van der Waals surface area contributed by atoms with E-state index in [9.17, 15) is 14.0 Å². The van der Waals surface area contributed by atoms with Crippen LogP contribution in [-0.2, 0) is 0 Å². The van der Waals surface area contributed by atoms with E-state index in [0.29, 0.717) is 27.8 Å². The SMILES string of the molecule is Cc1cccc(C(=O)Nc2nc(-c3ccccn3)cs2)c1NC(=O)c1ccccc1F. The molecule has 2 N–H and O–H groups in total. The monoisotopic (exact) mass is 432 g/mol. The molecule has 2 aromatic carbocycles. The molecular weight excluding hydrogens is 415 g/mol. The minimum atomic E-state index is -0.635. The minimum Gasteiger partial charge on any atom is -0.321 e. The number of aromatic nitrogens is 2. The topological polar surface area (TPSA) is 84.0 Å². The average molecular weight is 432 g/mol. The number of amides is 2. The van der Waals surface area contributed by atoms with E-state index in [0.717, 1.165) is 0 Å². The summed E-state index contributed by atoms with van der Waals surface area (Å²) in [6.45, 7) is 1.76. The van der Waals surface area contributed by atoms with Crippen LogP contribution in [0.1, 0.15) is 26.3 Å². The second-order valence-electron chi connectivity index (χ2n) is 6.64. The van der Waals surface area contributed by atoms with E-state index in [2.05, 4.69) is 20.6 Å². The zero-order valence-corrected chi connectivity index (χ0v) is 17.2. The number of halogens is 1. The number of carbonyl (C=O) groups is 2. The van der Waals surface area contributed by atoms with Crippen LogP contribution >= 0.6 is 11.3 Å². The van der Waals surface area contributed by atoms with E-state index in [4.69, 9.17) is 0 Å². The molecule has 2 amide bonds. The number of aryl methyl sites for hydroxylation is 1. The maximum absolute atomic E-state index is 14.0. The summed E-state index contributed by atoms with van der Waals surface area (Å²) in [6.07, 6.45) is 1.67. The number of hydrogen-bond donors (Lipinski definition) is 2. The van der Waals surface area contributed by atoms with Gasteiger partial charge in [0.25, 0.3) is 11.8 Å². The molecule has 0 fully saturated rings. The zero-order chi connectivity index (χ0) is 21.8. The molecule has 6 nitrogen and oxygen atoms in total. The van der Waals surface area contributed by atoms with E-state index < -0.39 is 17.6 Å². The van der Waals surface area contributed by atoms with Gasteiger partial charge in [0, 0.05) is 11.6 Å². The molecule has 0 aliphatic rings. The average Bonchev–Trinajstić information content (AvgIpc) is 3.24. The summed E-state index contributed by atoms with van der Waals surface area (Å²) in [6, 6.07) is 16.2. The first-order chi connectivity index (χ1) is 15.0. The van der Waals surface area contributed by atoms with Crippen molar-refractivity contribution in [2.75, 3.05) is 10.6 Å². The fourth-order valence-corrected chi connectivity index (χ4v) is 3.68. The first-order valence-corrected chi connectivity index (χ1v) is 10.2. The maximum Gasteiger partial charge on any atom is 0.259 e. The molecule has 4 rings (SSSR count). The van der Waals surface area contributed by atoms with Gasteiger partial charge >= 0.3 is 0 Å². The Hall–Kier alpha value is -3.91. The molecule has 0 atom stereocenters. The number of nitrogens with zero attached hydrogens (tertiary/aromatic N) is 2. The first kappa shape index (κ1) is 20.4. The van der Waals surface area contributed by atoms with Crippen molar-refractivity contribution in [3.63, 3.8) is 0 Å².